The van der Waals surface area contributed by atoms with Gasteiger partial charge in [0, 0.05) is 78.0 Å². The number of hydrogen-bond donors (Lipinski definition) is 0. The highest BCUT2D eigenvalue weighted by Crippen LogP contribution is 2.12. The lowest BCUT2D eigenvalue weighted by Crippen LogP contribution is -2.41. The van der Waals surface area contributed by atoms with Crippen LogP contribution in [0.2, 0.25) is 0 Å². The van der Waals surface area contributed by atoms with Crippen LogP contribution in [-0.4, -0.2) is 88.3 Å². The van der Waals surface area contributed by atoms with Crippen LogP contribution in [0.3, 0.4) is 0 Å². The van der Waals surface area contributed by atoms with Crippen LogP contribution in [-0.2, 0) is 0 Å². The lowest BCUT2D eigenvalue weighted by Gasteiger charge is -2.31. The average molecular weight is 486 g/mol. The van der Waals surface area contributed by atoms with Crippen molar-refractivity contribution in [1.29, 1.82) is 0 Å². The van der Waals surface area contributed by atoms with Crippen molar-refractivity contribution in [2.45, 2.75) is 0 Å². The van der Waals surface area contributed by atoms with Crippen molar-refractivity contribution in [2.75, 3.05) is 71.2 Å². The van der Waals surface area contributed by atoms with Gasteiger partial charge in [-0.15, -0.1) is 0 Å². The molecule has 0 bridgehead atoms. The molecule has 36 heavy (non-hydrogen) atoms. The van der Waals surface area contributed by atoms with Crippen LogP contribution in [0.4, 0.5) is 11.4 Å². The second kappa shape index (κ2) is 11.7. The normalized spacial score (nSPS) is 15.0. The minimum absolute atomic E-state index is 0.872. The molecular formula is C28H37N8+. The molecule has 0 unspecified atom stereocenters. The number of hydrogen-bond acceptors (Lipinski definition) is 6. The van der Waals surface area contributed by atoms with E-state index in [1.54, 1.807) is 0 Å². The predicted octanol–water partition coefficient (Wildman–Crippen LogP) is 2.89. The number of benzene rings is 2. The minimum Gasteiger partial charge on any atom is -0.378 e. The second-order valence-electron chi connectivity index (χ2n) is 9.46. The third kappa shape index (κ3) is 6.60. The zero-order valence-corrected chi connectivity index (χ0v) is 22.0. The fourth-order valence-corrected chi connectivity index (χ4v) is 3.85. The fraction of sp³-hybridized carbons (Fsp3) is 0.321. The molecule has 0 amide bonds. The van der Waals surface area contributed by atoms with Crippen LogP contribution in [0.25, 0.3) is 6.08 Å². The molecule has 8 nitrogen and oxygen atoms in total. The number of piperazine rings is 1. The number of nitrogens with zero attached hydrogens (tertiary/aromatic N) is 8. The first-order valence-corrected chi connectivity index (χ1v) is 12.3. The molecule has 188 valence electrons. The summed E-state index contributed by atoms with van der Waals surface area (Å²) >= 11 is 0. The number of imidazole rings is 1. The zero-order valence-electron chi connectivity index (χ0n) is 22.0. The Morgan fingerprint density at radius 2 is 1.33 bits per heavy atom. The smallest absolute Gasteiger partial charge is 0.334 e. The highest BCUT2D eigenvalue weighted by Gasteiger charge is 2.16. The molecule has 1 aliphatic heterocycles. The maximum atomic E-state index is 4.73. The molecular weight excluding hydrogens is 448 g/mol. The van der Waals surface area contributed by atoms with Crippen LogP contribution in [0.5, 0.6) is 0 Å². The summed E-state index contributed by atoms with van der Waals surface area (Å²) in [5.41, 5.74) is 4.41. The lowest BCUT2D eigenvalue weighted by molar-refractivity contribution is -0.679. The summed E-state index contributed by atoms with van der Waals surface area (Å²) in [5.74, 6) is 0.872. The molecule has 3 aromatic rings. The Labute approximate surface area is 214 Å². The Bertz CT molecular complexity index is 1120. The van der Waals surface area contributed by atoms with Crippen LogP contribution < -0.4 is 14.5 Å². The molecule has 1 aromatic heterocycles. The largest absolute Gasteiger partial charge is 0.378 e. The van der Waals surface area contributed by atoms with Crippen molar-refractivity contribution in [3.8, 4) is 0 Å². The molecule has 4 rings (SSSR count). The number of aromatic nitrogens is 2. The van der Waals surface area contributed by atoms with E-state index in [4.69, 9.17) is 10.2 Å². The van der Waals surface area contributed by atoms with Gasteiger partial charge in [0.2, 0.25) is 0 Å². The van der Waals surface area contributed by atoms with E-state index in [2.05, 4.69) is 87.5 Å². The maximum Gasteiger partial charge on any atom is 0.334 e. The van der Waals surface area contributed by atoms with Crippen LogP contribution >= 0.6 is 0 Å². The van der Waals surface area contributed by atoms with Crippen LogP contribution in [0.1, 0.15) is 17.0 Å². The van der Waals surface area contributed by atoms with Gasteiger partial charge in [-0.05, 0) is 42.4 Å². The predicted molar refractivity (Wildman–Crippen MR) is 150 cm³/mol. The fourth-order valence-electron chi connectivity index (χ4n) is 3.85. The Balaban J connectivity index is 1.58. The Kier molecular flexibility index (Phi) is 8.17. The van der Waals surface area contributed by atoms with E-state index in [0.717, 1.165) is 54.5 Å². The van der Waals surface area contributed by atoms with Gasteiger partial charge in [0.05, 0.1) is 12.4 Å². The second-order valence-corrected chi connectivity index (χ2v) is 9.46. The van der Waals surface area contributed by atoms with Gasteiger partial charge in [0.15, 0.2) is 12.4 Å². The van der Waals surface area contributed by atoms with Gasteiger partial charge in [0.25, 0.3) is 0 Å². The number of rotatable bonds is 8. The van der Waals surface area contributed by atoms with Crippen molar-refractivity contribution in [2.24, 2.45) is 10.2 Å². The van der Waals surface area contributed by atoms with E-state index < -0.39 is 0 Å². The first kappa shape index (κ1) is 25.2. The van der Waals surface area contributed by atoms with Gasteiger partial charge in [-0.3, -0.25) is 0 Å². The maximum absolute atomic E-state index is 4.73. The highest BCUT2D eigenvalue weighted by atomic mass is 15.5. The van der Waals surface area contributed by atoms with Crippen LogP contribution in [0.15, 0.2) is 77.3 Å². The van der Waals surface area contributed by atoms with Crippen molar-refractivity contribution in [1.82, 2.24) is 14.5 Å². The molecule has 0 aliphatic carbocycles. The van der Waals surface area contributed by atoms with Gasteiger partial charge in [0.1, 0.15) is 0 Å². The summed E-state index contributed by atoms with van der Waals surface area (Å²) in [6, 6.07) is 16.7. The molecule has 0 N–H and O–H groups in total. The summed E-state index contributed by atoms with van der Waals surface area (Å²) in [5, 5.41) is 9.47. The van der Waals surface area contributed by atoms with E-state index in [1.165, 1.54) is 0 Å². The number of anilines is 2. The van der Waals surface area contributed by atoms with E-state index in [0.29, 0.717) is 0 Å². The Morgan fingerprint density at radius 1 is 0.778 bits per heavy atom. The summed E-state index contributed by atoms with van der Waals surface area (Å²) < 4.78 is 3.72. The lowest BCUT2D eigenvalue weighted by atomic mass is 10.2. The summed E-state index contributed by atoms with van der Waals surface area (Å²) in [6.45, 7) is 4.15. The molecule has 1 saturated heterocycles. The SMILES string of the molecule is CN1CCN(C=Cc2n(N=Cc3ccc(N(C)C)cc3)cc[n+]2N=Cc2ccc(N(C)C)cc2)CC1. The third-order valence-electron chi connectivity index (χ3n) is 6.27. The number of likely N-dealkylation sites (N-methyl/N-ethyl adjacent to an activating group) is 1. The summed E-state index contributed by atoms with van der Waals surface area (Å²) in [4.78, 5) is 8.87. The molecule has 1 aliphatic rings. The van der Waals surface area contributed by atoms with E-state index in [9.17, 15) is 0 Å². The molecule has 0 radical (unpaired) electrons. The van der Waals surface area contributed by atoms with Gasteiger partial charge >= 0.3 is 5.82 Å². The zero-order chi connectivity index (χ0) is 25.5. The molecule has 1 fully saturated rings. The Hall–Kier alpha value is -3.91. The first-order valence-electron chi connectivity index (χ1n) is 12.3. The van der Waals surface area contributed by atoms with Crippen molar-refractivity contribution >= 4 is 29.9 Å². The minimum atomic E-state index is 0.872. The molecule has 0 atom stereocenters. The van der Waals surface area contributed by atoms with E-state index >= 15 is 0 Å². The van der Waals surface area contributed by atoms with Crippen molar-refractivity contribution < 1.29 is 4.68 Å². The molecule has 0 spiro atoms. The molecule has 2 aromatic carbocycles. The highest BCUT2D eigenvalue weighted by molar-refractivity contribution is 5.80. The standard InChI is InChI=1S/C28H37N8/c1-31(2)26-10-6-24(7-11-26)22-29-35-20-21-36(28(35)14-15-34-18-16-33(5)17-19-34)30-23-25-8-12-27(13-9-25)32(3)4/h6-15,20-23H,16-19H2,1-5H3/q+1. The van der Waals surface area contributed by atoms with Crippen molar-refractivity contribution in [3.05, 3.63) is 84.1 Å². The van der Waals surface area contributed by atoms with Gasteiger partial charge in [-0.25, -0.2) is 0 Å². The van der Waals surface area contributed by atoms with E-state index in [-0.39, 0.29) is 0 Å². The monoisotopic (exact) mass is 485 g/mol. The topological polar surface area (TPSA) is 46.5 Å². The Morgan fingerprint density at radius 3 is 1.89 bits per heavy atom. The molecule has 0 saturated carbocycles. The molecule has 8 heteroatoms. The van der Waals surface area contributed by atoms with Gasteiger partial charge in [-0.2, -0.15) is 0 Å². The van der Waals surface area contributed by atoms with E-state index in [1.807, 2.05) is 62.4 Å². The van der Waals surface area contributed by atoms with Gasteiger partial charge < -0.3 is 19.6 Å². The average Bonchev–Trinajstić information content (AvgIpc) is 3.27. The summed E-state index contributed by atoms with van der Waals surface area (Å²) in [6.07, 6.45) is 11.9. The van der Waals surface area contributed by atoms with Crippen molar-refractivity contribution in [3.63, 3.8) is 0 Å². The third-order valence-corrected chi connectivity index (χ3v) is 6.27. The molecule has 2 heterocycles. The van der Waals surface area contributed by atoms with Crippen LogP contribution in [0, 0.1) is 0 Å². The summed E-state index contributed by atoms with van der Waals surface area (Å²) in [7, 11) is 10.3. The first-order chi connectivity index (χ1) is 17.4. The van der Waals surface area contributed by atoms with Gasteiger partial charge in [-0.1, -0.05) is 43.8 Å². The quantitative estimate of drug-likeness (QED) is 0.364.